The van der Waals surface area contributed by atoms with Crippen molar-refractivity contribution in [1.29, 1.82) is 0 Å². The van der Waals surface area contributed by atoms with Crippen molar-refractivity contribution in [1.82, 2.24) is 10.6 Å². The van der Waals surface area contributed by atoms with Crippen LogP contribution in [0.4, 0.5) is 4.79 Å². The van der Waals surface area contributed by atoms with Crippen molar-refractivity contribution >= 4 is 22.0 Å². The molecule has 2 atom stereocenters. The second-order valence-electron chi connectivity index (χ2n) is 4.87. The third kappa shape index (κ3) is 5.51. The summed E-state index contributed by atoms with van der Waals surface area (Å²) in [5.41, 5.74) is 1.08. The summed E-state index contributed by atoms with van der Waals surface area (Å²) in [5.74, 6) is 0. The number of nitrogens with one attached hydrogen (secondary N) is 2. The van der Waals surface area contributed by atoms with Crippen molar-refractivity contribution in [3.05, 3.63) is 34.3 Å². The smallest absolute Gasteiger partial charge is 0.315 e. The number of urea groups is 1. The van der Waals surface area contributed by atoms with Crippen LogP contribution in [0, 0.1) is 0 Å². The summed E-state index contributed by atoms with van der Waals surface area (Å²) < 4.78 is 1.00. The molecular formula is C15H23BrN2O2. The Morgan fingerprint density at radius 2 is 2.05 bits per heavy atom. The molecular weight excluding hydrogens is 320 g/mol. The van der Waals surface area contributed by atoms with Crippen LogP contribution in [-0.2, 0) is 0 Å². The van der Waals surface area contributed by atoms with Gasteiger partial charge in [0.2, 0.25) is 0 Å². The van der Waals surface area contributed by atoms with Crippen molar-refractivity contribution in [2.24, 2.45) is 0 Å². The second-order valence-corrected chi connectivity index (χ2v) is 5.72. The largest absolute Gasteiger partial charge is 0.396 e. The van der Waals surface area contributed by atoms with Crippen molar-refractivity contribution in [2.45, 2.75) is 45.2 Å². The van der Waals surface area contributed by atoms with E-state index in [-0.39, 0.29) is 24.7 Å². The first kappa shape index (κ1) is 17.0. The lowest BCUT2D eigenvalue weighted by molar-refractivity contribution is 0.230. The van der Waals surface area contributed by atoms with Gasteiger partial charge >= 0.3 is 6.03 Å². The first-order valence-electron chi connectivity index (χ1n) is 7.00. The van der Waals surface area contributed by atoms with E-state index in [2.05, 4.69) is 26.6 Å². The summed E-state index contributed by atoms with van der Waals surface area (Å²) in [6.07, 6.45) is 2.29. The Labute approximate surface area is 129 Å². The molecule has 0 radical (unpaired) electrons. The third-order valence-electron chi connectivity index (χ3n) is 3.17. The van der Waals surface area contributed by atoms with Gasteiger partial charge in [-0.1, -0.05) is 41.1 Å². The van der Waals surface area contributed by atoms with Crippen LogP contribution in [0.15, 0.2) is 28.7 Å². The predicted molar refractivity (Wildman–Crippen MR) is 84.6 cm³/mol. The minimum atomic E-state index is -0.168. The highest BCUT2D eigenvalue weighted by Crippen LogP contribution is 2.25. The summed E-state index contributed by atoms with van der Waals surface area (Å²) in [5, 5.41) is 14.7. The Kier molecular flexibility index (Phi) is 7.62. The quantitative estimate of drug-likeness (QED) is 0.711. The number of aliphatic hydroxyl groups is 1. The number of carbonyl (C=O) groups excluding carboxylic acids is 1. The molecule has 0 bridgehead atoms. The molecule has 0 aliphatic rings. The van der Waals surface area contributed by atoms with Crippen molar-refractivity contribution in [3.63, 3.8) is 0 Å². The highest BCUT2D eigenvalue weighted by atomic mass is 79.9. The predicted octanol–water partition coefficient (Wildman–Crippen LogP) is 3.36. The van der Waals surface area contributed by atoms with E-state index < -0.39 is 0 Å². The van der Waals surface area contributed by atoms with E-state index in [1.54, 1.807) is 0 Å². The highest BCUT2D eigenvalue weighted by molar-refractivity contribution is 9.10. The average molecular weight is 343 g/mol. The van der Waals surface area contributed by atoms with Gasteiger partial charge in [0.05, 0.1) is 6.04 Å². The molecule has 0 saturated heterocycles. The van der Waals surface area contributed by atoms with E-state index in [1.165, 1.54) is 0 Å². The van der Waals surface area contributed by atoms with Crippen molar-refractivity contribution < 1.29 is 9.90 Å². The second kappa shape index (κ2) is 8.97. The monoisotopic (exact) mass is 342 g/mol. The Morgan fingerprint density at radius 1 is 1.35 bits per heavy atom. The molecule has 1 rings (SSSR count). The first-order chi connectivity index (χ1) is 9.58. The molecule has 112 valence electrons. The molecule has 0 aliphatic heterocycles. The maximum absolute atomic E-state index is 12.0. The Balaban J connectivity index is 2.56. The molecule has 3 N–H and O–H groups in total. The minimum absolute atomic E-state index is 0.0179. The van der Waals surface area contributed by atoms with E-state index in [9.17, 15) is 4.79 Å². The molecule has 0 aliphatic carbocycles. The van der Waals surface area contributed by atoms with Gasteiger partial charge in [-0.3, -0.25) is 0 Å². The fourth-order valence-corrected chi connectivity index (χ4v) is 2.61. The van der Waals surface area contributed by atoms with Gasteiger partial charge in [0.1, 0.15) is 0 Å². The number of rotatable bonds is 7. The maximum atomic E-state index is 12.0. The van der Waals surface area contributed by atoms with Crippen LogP contribution >= 0.6 is 15.9 Å². The molecule has 4 nitrogen and oxygen atoms in total. The van der Waals surface area contributed by atoms with Crippen molar-refractivity contribution in [2.75, 3.05) is 6.61 Å². The molecule has 2 unspecified atom stereocenters. The van der Waals surface area contributed by atoms with E-state index in [0.29, 0.717) is 6.42 Å². The summed E-state index contributed by atoms with van der Waals surface area (Å²) in [6.45, 7) is 4.14. The zero-order valence-corrected chi connectivity index (χ0v) is 13.6. The third-order valence-corrected chi connectivity index (χ3v) is 3.89. The van der Waals surface area contributed by atoms with Gasteiger partial charge in [0.15, 0.2) is 0 Å². The fraction of sp³-hybridized carbons (Fsp3) is 0.533. The number of benzene rings is 1. The van der Waals surface area contributed by atoms with Gasteiger partial charge in [-0.15, -0.1) is 0 Å². The lowest BCUT2D eigenvalue weighted by Crippen LogP contribution is -2.42. The number of aliphatic hydroxyl groups excluding tert-OH is 1. The summed E-state index contributed by atoms with van der Waals surface area (Å²) in [4.78, 5) is 12.0. The van der Waals surface area contributed by atoms with Crippen LogP contribution in [0.25, 0.3) is 0 Å². The highest BCUT2D eigenvalue weighted by Gasteiger charge is 2.15. The molecule has 0 fully saturated rings. The average Bonchev–Trinajstić information content (AvgIpc) is 2.43. The van der Waals surface area contributed by atoms with Crippen LogP contribution in [-0.4, -0.2) is 23.8 Å². The lowest BCUT2D eigenvalue weighted by Gasteiger charge is -2.21. The number of carbonyl (C=O) groups is 1. The zero-order chi connectivity index (χ0) is 15.0. The first-order valence-corrected chi connectivity index (χ1v) is 7.80. The van der Waals surface area contributed by atoms with Gasteiger partial charge in [-0.2, -0.15) is 0 Å². The van der Waals surface area contributed by atoms with Gasteiger partial charge in [-0.25, -0.2) is 4.79 Å². The molecule has 0 heterocycles. The zero-order valence-electron chi connectivity index (χ0n) is 12.0. The maximum Gasteiger partial charge on any atom is 0.315 e. The molecule has 0 spiro atoms. The topological polar surface area (TPSA) is 61.4 Å². The van der Waals surface area contributed by atoms with Gasteiger partial charge in [0, 0.05) is 17.1 Å². The fourth-order valence-electron chi connectivity index (χ4n) is 2.05. The molecule has 1 aromatic carbocycles. The van der Waals surface area contributed by atoms with Crippen LogP contribution in [0.2, 0.25) is 0 Å². The lowest BCUT2D eigenvalue weighted by atomic mass is 10.1. The van der Waals surface area contributed by atoms with Crippen LogP contribution in [0.1, 0.15) is 44.7 Å². The van der Waals surface area contributed by atoms with Gasteiger partial charge < -0.3 is 15.7 Å². The molecule has 1 aromatic rings. The number of halogens is 1. The summed E-state index contributed by atoms with van der Waals surface area (Å²) in [7, 11) is 0. The van der Waals surface area contributed by atoms with E-state index in [4.69, 9.17) is 5.11 Å². The Bertz CT molecular complexity index is 426. The van der Waals surface area contributed by atoms with Crippen LogP contribution < -0.4 is 10.6 Å². The SMILES string of the molecule is CCC(NC(=O)NC(C)CCCO)c1ccccc1Br. The normalized spacial score (nSPS) is 13.6. The van der Waals surface area contributed by atoms with Crippen LogP contribution in [0.3, 0.4) is 0 Å². The molecule has 0 aromatic heterocycles. The van der Waals surface area contributed by atoms with Crippen molar-refractivity contribution in [3.8, 4) is 0 Å². The standard InChI is InChI=1S/C15H23BrN2O2/c1-3-14(12-8-4-5-9-13(12)16)18-15(20)17-11(2)7-6-10-19/h4-5,8-9,11,14,19H,3,6-7,10H2,1-2H3,(H2,17,18,20). The van der Waals surface area contributed by atoms with Crippen LogP contribution in [0.5, 0.6) is 0 Å². The van der Waals surface area contributed by atoms with Gasteiger partial charge in [-0.05, 0) is 37.8 Å². The Hall–Kier alpha value is -1.07. The summed E-state index contributed by atoms with van der Waals surface area (Å²) in [6, 6.07) is 7.77. The minimum Gasteiger partial charge on any atom is -0.396 e. The van der Waals surface area contributed by atoms with E-state index in [0.717, 1.165) is 22.9 Å². The molecule has 2 amide bonds. The number of amides is 2. The van der Waals surface area contributed by atoms with Gasteiger partial charge in [0.25, 0.3) is 0 Å². The molecule has 5 heteroatoms. The molecule has 20 heavy (non-hydrogen) atoms. The van der Waals surface area contributed by atoms with E-state index in [1.807, 2.05) is 38.1 Å². The number of hydrogen-bond donors (Lipinski definition) is 3. The Morgan fingerprint density at radius 3 is 2.65 bits per heavy atom. The summed E-state index contributed by atoms with van der Waals surface area (Å²) >= 11 is 3.51. The number of hydrogen-bond acceptors (Lipinski definition) is 2. The van der Waals surface area contributed by atoms with E-state index >= 15 is 0 Å². The molecule has 0 saturated carbocycles.